The van der Waals surface area contributed by atoms with Crippen molar-refractivity contribution in [3.05, 3.63) is 17.7 Å². The number of benzene rings is 1. The van der Waals surface area contributed by atoms with Crippen LogP contribution in [0.2, 0.25) is 0 Å². The van der Waals surface area contributed by atoms with Crippen molar-refractivity contribution in [3.63, 3.8) is 0 Å². The van der Waals surface area contributed by atoms with E-state index in [0.29, 0.717) is 0 Å². The van der Waals surface area contributed by atoms with E-state index in [1.165, 1.54) is 0 Å². The second-order valence-corrected chi connectivity index (χ2v) is 4.46. The molecule has 0 saturated heterocycles. The Hall–Kier alpha value is -0.940. The van der Waals surface area contributed by atoms with Crippen molar-refractivity contribution in [2.24, 2.45) is 0 Å². The van der Waals surface area contributed by atoms with Gasteiger partial charge in [-0.15, -0.1) is 0 Å². The zero-order valence-electron chi connectivity index (χ0n) is 11.3. The van der Waals surface area contributed by atoms with Gasteiger partial charge in [0.1, 0.15) is 17.2 Å². The first kappa shape index (κ1) is 15.1. The molecule has 18 heavy (non-hydrogen) atoms. The zero-order chi connectivity index (χ0) is 13.5. The molecule has 0 bridgehead atoms. The van der Waals surface area contributed by atoms with Gasteiger partial charge in [0.25, 0.3) is 0 Å². The van der Waals surface area contributed by atoms with Gasteiger partial charge in [-0.05, 0) is 13.5 Å². The van der Waals surface area contributed by atoms with Crippen molar-refractivity contribution in [1.82, 2.24) is 4.90 Å². The Kier molecular flexibility index (Phi) is 6.29. The first-order valence-electron chi connectivity index (χ1n) is 5.69. The van der Waals surface area contributed by atoms with Crippen molar-refractivity contribution in [1.29, 1.82) is 0 Å². The minimum atomic E-state index is 0.737. The topological polar surface area (TPSA) is 30.9 Å². The molecular formula is C13H20BrNO3. The largest absolute Gasteiger partial charge is 0.496 e. The molecule has 1 rings (SSSR count). The fourth-order valence-corrected chi connectivity index (χ4v) is 1.94. The molecule has 0 spiro atoms. The molecule has 0 aliphatic rings. The summed E-state index contributed by atoms with van der Waals surface area (Å²) in [5, 5.41) is 0. The number of likely N-dealkylation sites (N-methyl/N-ethyl adjacent to an activating group) is 1. The van der Waals surface area contributed by atoms with Crippen LogP contribution in [-0.2, 0) is 6.42 Å². The van der Waals surface area contributed by atoms with E-state index in [0.717, 1.165) is 41.2 Å². The van der Waals surface area contributed by atoms with Crippen LogP contribution in [0.3, 0.4) is 0 Å². The van der Waals surface area contributed by atoms with Crippen LogP contribution in [0.5, 0.6) is 17.2 Å². The smallest absolute Gasteiger partial charge is 0.129 e. The van der Waals surface area contributed by atoms with Gasteiger partial charge in [-0.25, -0.2) is 0 Å². The van der Waals surface area contributed by atoms with Crippen molar-refractivity contribution in [2.75, 3.05) is 40.4 Å². The standard InChI is InChI=1S/C13H20BrNO3/c1-15(9-14)6-5-11-12(17-3)7-10(16-2)8-13(11)18-4/h7-8H,5-6,9H2,1-4H3. The van der Waals surface area contributed by atoms with E-state index < -0.39 is 0 Å². The van der Waals surface area contributed by atoms with Crippen LogP contribution in [-0.4, -0.2) is 45.3 Å². The molecule has 0 fully saturated rings. The van der Waals surface area contributed by atoms with Crippen LogP contribution < -0.4 is 14.2 Å². The van der Waals surface area contributed by atoms with Crippen LogP contribution in [0, 0.1) is 0 Å². The molecule has 0 aliphatic heterocycles. The second-order valence-electron chi connectivity index (χ2n) is 3.96. The van der Waals surface area contributed by atoms with E-state index in [1.807, 2.05) is 12.1 Å². The van der Waals surface area contributed by atoms with Crippen molar-refractivity contribution in [2.45, 2.75) is 6.42 Å². The number of ether oxygens (including phenoxy) is 3. The second kappa shape index (κ2) is 7.48. The molecule has 5 heteroatoms. The third-order valence-electron chi connectivity index (χ3n) is 2.76. The molecule has 0 atom stereocenters. The predicted octanol–water partition coefficient (Wildman–Crippen LogP) is 2.54. The molecule has 102 valence electrons. The third-order valence-corrected chi connectivity index (χ3v) is 3.62. The molecule has 0 unspecified atom stereocenters. The van der Waals surface area contributed by atoms with Gasteiger partial charge in [0.15, 0.2) is 0 Å². The summed E-state index contributed by atoms with van der Waals surface area (Å²) in [5.41, 5.74) is 1.90. The first-order valence-corrected chi connectivity index (χ1v) is 6.81. The number of hydrogen-bond acceptors (Lipinski definition) is 4. The van der Waals surface area contributed by atoms with E-state index >= 15 is 0 Å². The number of halogens is 1. The predicted molar refractivity (Wildman–Crippen MR) is 76.2 cm³/mol. The summed E-state index contributed by atoms with van der Waals surface area (Å²) < 4.78 is 16.0. The Morgan fingerprint density at radius 2 is 1.61 bits per heavy atom. The molecule has 0 amide bonds. The van der Waals surface area contributed by atoms with Crippen LogP contribution >= 0.6 is 15.9 Å². The number of hydrogen-bond donors (Lipinski definition) is 0. The monoisotopic (exact) mass is 317 g/mol. The lowest BCUT2D eigenvalue weighted by Crippen LogP contribution is -2.19. The fourth-order valence-electron chi connectivity index (χ4n) is 1.69. The van der Waals surface area contributed by atoms with Gasteiger partial charge in [-0.3, -0.25) is 4.90 Å². The average molecular weight is 318 g/mol. The molecule has 0 N–H and O–H groups in total. The maximum absolute atomic E-state index is 5.41. The maximum Gasteiger partial charge on any atom is 0.129 e. The number of methoxy groups -OCH3 is 3. The van der Waals surface area contributed by atoms with Crippen LogP contribution in [0.1, 0.15) is 5.56 Å². The lowest BCUT2D eigenvalue weighted by atomic mass is 10.1. The summed E-state index contributed by atoms with van der Waals surface area (Å²) in [6.07, 6.45) is 0.860. The quantitative estimate of drug-likeness (QED) is 0.571. The van der Waals surface area contributed by atoms with Gasteiger partial charge in [-0.2, -0.15) is 0 Å². The minimum Gasteiger partial charge on any atom is -0.496 e. The van der Waals surface area contributed by atoms with E-state index in [1.54, 1.807) is 21.3 Å². The number of alkyl halides is 1. The van der Waals surface area contributed by atoms with Gasteiger partial charge in [-0.1, -0.05) is 15.9 Å². The summed E-state index contributed by atoms with van der Waals surface area (Å²) in [6.45, 7) is 0.921. The van der Waals surface area contributed by atoms with Gasteiger partial charge in [0.05, 0.1) is 26.8 Å². The molecule has 1 aromatic rings. The van der Waals surface area contributed by atoms with Crippen LogP contribution in [0.4, 0.5) is 0 Å². The van der Waals surface area contributed by atoms with Crippen LogP contribution in [0.15, 0.2) is 12.1 Å². The normalized spacial score (nSPS) is 10.6. The molecule has 1 aromatic carbocycles. The highest BCUT2D eigenvalue weighted by Gasteiger charge is 2.13. The van der Waals surface area contributed by atoms with Gasteiger partial charge in [0, 0.05) is 24.2 Å². The molecule has 0 aromatic heterocycles. The Bertz CT molecular complexity index is 359. The minimum absolute atomic E-state index is 0.737. The third kappa shape index (κ3) is 3.78. The van der Waals surface area contributed by atoms with Crippen molar-refractivity contribution < 1.29 is 14.2 Å². The van der Waals surface area contributed by atoms with Crippen molar-refractivity contribution >= 4 is 15.9 Å². The summed E-state index contributed by atoms with van der Waals surface area (Å²) in [4.78, 5) is 2.17. The summed E-state index contributed by atoms with van der Waals surface area (Å²) in [7, 11) is 7.00. The lowest BCUT2D eigenvalue weighted by Gasteiger charge is -2.17. The Labute approximate surface area is 117 Å². The zero-order valence-corrected chi connectivity index (χ0v) is 12.9. The highest BCUT2D eigenvalue weighted by molar-refractivity contribution is 9.09. The molecular weight excluding hydrogens is 298 g/mol. The Morgan fingerprint density at radius 3 is 2.00 bits per heavy atom. The van der Waals surface area contributed by atoms with E-state index in [4.69, 9.17) is 14.2 Å². The Balaban J connectivity index is 2.99. The summed E-state index contributed by atoms with van der Waals surface area (Å²) >= 11 is 3.43. The lowest BCUT2D eigenvalue weighted by molar-refractivity contribution is 0.357. The van der Waals surface area contributed by atoms with Crippen molar-refractivity contribution in [3.8, 4) is 17.2 Å². The molecule has 0 radical (unpaired) electrons. The van der Waals surface area contributed by atoms with E-state index in [2.05, 4.69) is 27.9 Å². The molecule has 0 aliphatic carbocycles. The molecule has 0 heterocycles. The molecule has 4 nitrogen and oxygen atoms in total. The number of nitrogens with zero attached hydrogens (tertiary/aromatic N) is 1. The van der Waals surface area contributed by atoms with Gasteiger partial charge >= 0.3 is 0 Å². The molecule has 0 saturated carbocycles. The summed E-state index contributed by atoms with van der Waals surface area (Å²) in [5.74, 6) is 2.34. The highest BCUT2D eigenvalue weighted by atomic mass is 79.9. The number of rotatable bonds is 7. The highest BCUT2D eigenvalue weighted by Crippen LogP contribution is 2.34. The average Bonchev–Trinajstić information content (AvgIpc) is 2.43. The van der Waals surface area contributed by atoms with Gasteiger partial charge < -0.3 is 14.2 Å². The van der Waals surface area contributed by atoms with Gasteiger partial charge in [0.2, 0.25) is 0 Å². The fraction of sp³-hybridized carbons (Fsp3) is 0.538. The first-order chi connectivity index (χ1) is 8.65. The van der Waals surface area contributed by atoms with E-state index in [-0.39, 0.29) is 0 Å². The Morgan fingerprint density at radius 1 is 1.06 bits per heavy atom. The maximum atomic E-state index is 5.41. The summed E-state index contributed by atoms with van der Waals surface area (Å²) in [6, 6.07) is 3.76. The SMILES string of the molecule is COc1cc(OC)c(CCN(C)CBr)c(OC)c1. The van der Waals surface area contributed by atoms with Crippen LogP contribution in [0.25, 0.3) is 0 Å². The van der Waals surface area contributed by atoms with E-state index in [9.17, 15) is 0 Å².